The summed E-state index contributed by atoms with van der Waals surface area (Å²) in [6, 6.07) is 6.08. The van der Waals surface area contributed by atoms with Crippen molar-refractivity contribution in [3.05, 3.63) is 29.8 Å². The van der Waals surface area contributed by atoms with E-state index in [1.807, 2.05) is 6.92 Å². The summed E-state index contributed by atoms with van der Waals surface area (Å²) in [6.07, 6.45) is 6.96. The fraction of sp³-hybridized carbons (Fsp3) is 0.636. The highest BCUT2D eigenvalue weighted by molar-refractivity contribution is 5.87. The molecule has 1 aromatic carbocycles. The molecule has 164 valence electrons. The van der Waals surface area contributed by atoms with Gasteiger partial charge >= 0.3 is 0 Å². The smallest absolute Gasteiger partial charge is 0.242 e. The molecule has 7 heteroatoms. The second kappa shape index (κ2) is 15.8. The summed E-state index contributed by atoms with van der Waals surface area (Å²) in [5.41, 5.74) is 6.36. The lowest BCUT2D eigenvalue weighted by Gasteiger charge is -2.19. The average molecular weight is 407 g/mol. The van der Waals surface area contributed by atoms with Crippen molar-refractivity contribution in [2.45, 2.75) is 64.3 Å². The third kappa shape index (κ3) is 12.1. The summed E-state index contributed by atoms with van der Waals surface area (Å²) in [5, 5.41) is 18.5. The molecule has 0 aliphatic rings. The Balaban J connectivity index is 2.34. The second-order valence-electron chi connectivity index (χ2n) is 7.34. The number of phenols is 1. The summed E-state index contributed by atoms with van der Waals surface area (Å²) in [4.78, 5) is 24.6. The Morgan fingerprint density at radius 2 is 1.69 bits per heavy atom. The first-order valence-corrected chi connectivity index (χ1v) is 10.8. The number of aromatic hydroxyl groups is 1. The van der Waals surface area contributed by atoms with Crippen molar-refractivity contribution in [3.8, 4) is 5.75 Å². The van der Waals surface area contributed by atoms with Gasteiger partial charge in [-0.3, -0.25) is 9.59 Å². The van der Waals surface area contributed by atoms with Crippen LogP contribution in [0.2, 0.25) is 0 Å². The number of rotatable bonds is 16. The molecule has 0 saturated carbocycles. The Hall–Kier alpha value is -2.12. The van der Waals surface area contributed by atoms with E-state index in [4.69, 9.17) is 5.73 Å². The molecule has 0 spiro atoms. The zero-order valence-electron chi connectivity index (χ0n) is 17.7. The molecule has 0 heterocycles. The first-order chi connectivity index (χ1) is 14.1. The van der Waals surface area contributed by atoms with Crippen LogP contribution in [-0.4, -0.2) is 49.1 Å². The van der Waals surface area contributed by atoms with Crippen LogP contribution in [-0.2, 0) is 16.0 Å². The van der Waals surface area contributed by atoms with Gasteiger partial charge in [-0.2, -0.15) is 0 Å². The van der Waals surface area contributed by atoms with Gasteiger partial charge in [0.2, 0.25) is 11.8 Å². The van der Waals surface area contributed by atoms with E-state index in [1.165, 1.54) is 12.8 Å². The van der Waals surface area contributed by atoms with Crippen molar-refractivity contribution < 1.29 is 14.7 Å². The third-order valence-electron chi connectivity index (χ3n) is 4.64. The van der Waals surface area contributed by atoms with Crippen LogP contribution in [0.1, 0.15) is 57.4 Å². The molecular weight excluding hydrogens is 368 g/mol. The zero-order valence-corrected chi connectivity index (χ0v) is 17.7. The first-order valence-electron chi connectivity index (χ1n) is 10.8. The Labute approximate surface area is 174 Å². The van der Waals surface area contributed by atoms with Crippen LogP contribution in [0, 0.1) is 0 Å². The molecule has 2 amide bonds. The van der Waals surface area contributed by atoms with E-state index in [1.54, 1.807) is 24.3 Å². The van der Waals surface area contributed by atoms with Gasteiger partial charge in [0, 0.05) is 19.4 Å². The van der Waals surface area contributed by atoms with Crippen molar-refractivity contribution in [2.75, 3.05) is 26.2 Å². The zero-order chi connectivity index (χ0) is 21.3. The van der Waals surface area contributed by atoms with E-state index >= 15 is 0 Å². The molecule has 0 fully saturated rings. The number of hydrogen-bond acceptors (Lipinski definition) is 5. The maximum Gasteiger partial charge on any atom is 0.242 e. The lowest BCUT2D eigenvalue weighted by atomic mass is 10.0. The molecule has 1 rings (SSSR count). The van der Waals surface area contributed by atoms with E-state index in [0.717, 1.165) is 50.9 Å². The van der Waals surface area contributed by atoms with Crippen molar-refractivity contribution >= 4 is 11.8 Å². The summed E-state index contributed by atoms with van der Waals surface area (Å²) in [7, 11) is 0. The van der Waals surface area contributed by atoms with Gasteiger partial charge < -0.3 is 26.8 Å². The fourth-order valence-corrected chi connectivity index (χ4v) is 2.99. The van der Waals surface area contributed by atoms with E-state index in [9.17, 15) is 14.7 Å². The minimum absolute atomic E-state index is 0.122. The van der Waals surface area contributed by atoms with Crippen molar-refractivity contribution in [2.24, 2.45) is 5.73 Å². The van der Waals surface area contributed by atoms with Crippen molar-refractivity contribution in [3.63, 3.8) is 0 Å². The van der Waals surface area contributed by atoms with Crippen molar-refractivity contribution in [1.29, 1.82) is 0 Å². The monoisotopic (exact) mass is 406 g/mol. The van der Waals surface area contributed by atoms with Gasteiger partial charge in [-0.25, -0.2) is 0 Å². The minimum atomic E-state index is -0.617. The number of hydrogen-bond donors (Lipinski definition) is 5. The molecule has 0 radical (unpaired) electrons. The van der Waals surface area contributed by atoms with E-state index in [-0.39, 0.29) is 17.6 Å². The van der Waals surface area contributed by atoms with Crippen LogP contribution in [0.3, 0.4) is 0 Å². The Kier molecular flexibility index (Phi) is 13.5. The standard InChI is InChI=1S/C22H38N4O3/c1-2-8-21(28)26-20(17-18-9-11-19(27)12-10-18)22(29)25-16-7-15-24-14-6-4-3-5-13-23/h9-12,20,24,27H,2-8,13-17,23H2,1H3,(H,25,29)(H,26,28)/t20-/m0/s1. The molecule has 1 atom stereocenters. The molecule has 6 N–H and O–H groups in total. The van der Waals surface area contributed by atoms with Gasteiger partial charge in [0.1, 0.15) is 11.8 Å². The van der Waals surface area contributed by atoms with Gasteiger partial charge in [-0.05, 0) is 63.0 Å². The largest absolute Gasteiger partial charge is 0.508 e. The number of nitrogens with two attached hydrogens (primary N) is 1. The SMILES string of the molecule is CCCC(=O)N[C@@H](Cc1ccc(O)cc1)C(=O)NCCCNCCCCCCN. The average Bonchev–Trinajstić information content (AvgIpc) is 2.70. The quantitative estimate of drug-likeness (QED) is 0.269. The second-order valence-corrected chi connectivity index (χ2v) is 7.34. The first kappa shape index (κ1) is 24.9. The maximum atomic E-state index is 12.6. The number of carbonyl (C=O) groups is 2. The highest BCUT2D eigenvalue weighted by atomic mass is 16.3. The highest BCUT2D eigenvalue weighted by Crippen LogP contribution is 2.11. The summed E-state index contributed by atoms with van der Waals surface area (Å²) < 4.78 is 0. The molecule has 0 bridgehead atoms. The van der Waals surface area contributed by atoms with Crippen LogP contribution < -0.4 is 21.7 Å². The number of nitrogens with one attached hydrogen (secondary N) is 3. The fourth-order valence-electron chi connectivity index (χ4n) is 2.99. The molecule has 7 nitrogen and oxygen atoms in total. The normalized spacial score (nSPS) is 11.8. The maximum absolute atomic E-state index is 12.6. The van der Waals surface area contributed by atoms with Crippen LogP contribution in [0.15, 0.2) is 24.3 Å². The molecule has 0 saturated heterocycles. The van der Waals surface area contributed by atoms with Gasteiger partial charge in [0.05, 0.1) is 0 Å². The van der Waals surface area contributed by atoms with Crippen LogP contribution in [0.4, 0.5) is 0 Å². The van der Waals surface area contributed by atoms with E-state index < -0.39 is 6.04 Å². The molecule has 0 aliphatic heterocycles. The van der Waals surface area contributed by atoms with Crippen LogP contribution >= 0.6 is 0 Å². The molecule has 29 heavy (non-hydrogen) atoms. The number of phenolic OH excluding ortho intramolecular Hbond substituents is 1. The summed E-state index contributed by atoms with van der Waals surface area (Å²) in [5.74, 6) is -0.122. The third-order valence-corrected chi connectivity index (χ3v) is 4.64. The lowest BCUT2D eigenvalue weighted by Crippen LogP contribution is -2.48. The molecular formula is C22H38N4O3. The molecule has 0 aliphatic carbocycles. The Morgan fingerprint density at radius 3 is 2.38 bits per heavy atom. The predicted molar refractivity (Wildman–Crippen MR) is 117 cm³/mol. The number of amides is 2. The summed E-state index contributed by atoms with van der Waals surface area (Å²) in [6.45, 7) is 5.09. The predicted octanol–water partition coefficient (Wildman–Crippen LogP) is 1.83. The lowest BCUT2D eigenvalue weighted by molar-refractivity contribution is -0.129. The van der Waals surface area contributed by atoms with Gasteiger partial charge in [0.25, 0.3) is 0 Å². The van der Waals surface area contributed by atoms with Crippen LogP contribution in [0.5, 0.6) is 5.75 Å². The minimum Gasteiger partial charge on any atom is -0.508 e. The molecule has 1 aromatic rings. The topological polar surface area (TPSA) is 116 Å². The van der Waals surface area contributed by atoms with Gasteiger partial charge in [0.15, 0.2) is 0 Å². The van der Waals surface area contributed by atoms with E-state index in [0.29, 0.717) is 19.4 Å². The van der Waals surface area contributed by atoms with Crippen LogP contribution in [0.25, 0.3) is 0 Å². The van der Waals surface area contributed by atoms with E-state index in [2.05, 4.69) is 16.0 Å². The summed E-state index contributed by atoms with van der Waals surface area (Å²) >= 11 is 0. The highest BCUT2D eigenvalue weighted by Gasteiger charge is 2.20. The Morgan fingerprint density at radius 1 is 1.00 bits per heavy atom. The number of benzene rings is 1. The number of unbranched alkanes of at least 4 members (excludes halogenated alkanes) is 3. The molecule has 0 unspecified atom stereocenters. The van der Waals surface area contributed by atoms with Gasteiger partial charge in [-0.15, -0.1) is 0 Å². The Bertz CT molecular complexity index is 578. The van der Waals surface area contributed by atoms with Crippen molar-refractivity contribution in [1.82, 2.24) is 16.0 Å². The molecule has 0 aromatic heterocycles. The van der Waals surface area contributed by atoms with Gasteiger partial charge in [-0.1, -0.05) is 31.9 Å². The number of carbonyl (C=O) groups excluding carboxylic acids is 2.